The Labute approximate surface area is 145 Å². The number of fused-ring (bicyclic) bond motifs is 2. The molecule has 0 unspecified atom stereocenters. The number of para-hydroxylation sites is 1. The summed E-state index contributed by atoms with van der Waals surface area (Å²) in [6.07, 6.45) is 0. The van der Waals surface area contributed by atoms with Crippen LogP contribution < -0.4 is 11.0 Å². The van der Waals surface area contributed by atoms with E-state index in [9.17, 15) is 14.7 Å². The molecular weight excluding hydrogens is 342 g/mol. The number of pyridine rings is 1. The van der Waals surface area contributed by atoms with Gasteiger partial charge in [-0.3, -0.25) is 9.59 Å². The quantitative estimate of drug-likeness (QED) is 0.515. The van der Waals surface area contributed by atoms with E-state index in [1.807, 2.05) is 19.1 Å². The third-order valence-corrected chi connectivity index (χ3v) is 4.37. The van der Waals surface area contributed by atoms with Gasteiger partial charge in [0.1, 0.15) is 10.9 Å². The van der Waals surface area contributed by atoms with Crippen molar-refractivity contribution in [3.63, 3.8) is 0 Å². The molecule has 7 heteroatoms. The number of aromatic hydroxyl groups is 1. The van der Waals surface area contributed by atoms with Gasteiger partial charge in [0, 0.05) is 10.4 Å². The number of aromatic amines is 1. The standard InChI is InChI=1S/C18H12ClN3O3/c1-9-4-2-3-5-13(9)22-18(25)14-15(17(24)21-22)20-12-8-10(19)6-7-11(12)16(14)23/h2-8H,1H3,(H,20,23)(H,21,24). The van der Waals surface area contributed by atoms with Gasteiger partial charge >= 0.3 is 0 Å². The van der Waals surface area contributed by atoms with Gasteiger partial charge in [0.15, 0.2) is 0 Å². The molecule has 0 atom stereocenters. The van der Waals surface area contributed by atoms with E-state index in [2.05, 4.69) is 10.1 Å². The zero-order valence-electron chi connectivity index (χ0n) is 13.1. The highest BCUT2D eigenvalue weighted by molar-refractivity contribution is 6.31. The van der Waals surface area contributed by atoms with E-state index < -0.39 is 16.9 Å². The average molecular weight is 354 g/mol. The van der Waals surface area contributed by atoms with Gasteiger partial charge in [-0.2, -0.15) is 4.68 Å². The van der Waals surface area contributed by atoms with Crippen molar-refractivity contribution >= 4 is 33.4 Å². The van der Waals surface area contributed by atoms with Gasteiger partial charge in [0.25, 0.3) is 11.4 Å². The minimum absolute atomic E-state index is 0.00500. The van der Waals surface area contributed by atoms with Crippen LogP contribution in [0.3, 0.4) is 0 Å². The second kappa shape index (κ2) is 5.46. The molecule has 0 saturated carbocycles. The minimum atomic E-state index is -0.597. The number of halogens is 1. The van der Waals surface area contributed by atoms with E-state index in [-0.39, 0.29) is 10.9 Å². The molecule has 0 aliphatic rings. The number of aromatic nitrogens is 3. The van der Waals surface area contributed by atoms with Crippen LogP contribution in [-0.4, -0.2) is 19.9 Å². The van der Waals surface area contributed by atoms with E-state index in [0.29, 0.717) is 21.6 Å². The first-order valence-corrected chi connectivity index (χ1v) is 7.89. The van der Waals surface area contributed by atoms with Crippen LogP contribution in [0.2, 0.25) is 5.02 Å². The van der Waals surface area contributed by atoms with Crippen molar-refractivity contribution in [2.24, 2.45) is 0 Å². The number of rotatable bonds is 1. The molecule has 0 spiro atoms. The van der Waals surface area contributed by atoms with Crippen molar-refractivity contribution in [3.05, 3.63) is 73.6 Å². The molecule has 2 N–H and O–H groups in total. The van der Waals surface area contributed by atoms with Crippen molar-refractivity contribution in [2.75, 3.05) is 0 Å². The summed E-state index contributed by atoms with van der Waals surface area (Å²) in [5.74, 6) is -0.433. The zero-order valence-corrected chi connectivity index (χ0v) is 13.8. The molecule has 6 nitrogen and oxygen atoms in total. The maximum Gasteiger partial charge on any atom is 0.285 e. The largest absolute Gasteiger partial charge is 0.491 e. The predicted octanol–water partition coefficient (Wildman–Crippen LogP) is 2.89. The van der Waals surface area contributed by atoms with Gasteiger partial charge in [0.05, 0.1) is 11.2 Å². The number of nitrogens with one attached hydrogen (secondary N) is 1. The Morgan fingerprint density at radius 1 is 1.16 bits per heavy atom. The summed E-state index contributed by atoms with van der Waals surface area (Å²) in [5, 5.41) is 14.9. The molecule has 2 heterocycles. The van der Waals surface area contributed by atoms with E-state index in [4.69, 9.17) is 11.6 Å². The summed E-state index contributed by atoms with van der Waals surface area (Å²) in [6.45, 7) is 1.82. The Balaban J connectivity index is 2.20. The maximum absolute atomic E-state index is 12.9. The van der Waals surface area contributed by atoms with Crippen LogP contribution in [0.4, 0.5) is 0 Å². The first-order chi connectivity index (χ1) is 12.0. The van der Waals surface area contributed by atoms with E-state index in [0.717, 1.165) is 10.2 Å². The Morgan fingerprint density at radius 3 is 2.68 bits per heavy atom. The molecule has 2 aromatic heterocycles. The molecule has 124 valence electrons. The molecule has 2 aromatic carbocycles. The minimum Gasteiger partial charge on any atom is -0.491 e. The van der Waals surface area contributed by atoms with Crippen molar-refractivity contribution in [1.29, 1.82) is 0 Å². The van der Waals surface area contributed by atoms with Crippen LogP contribution in [0.5, 0.6) is 5.88 Å². The molecule has 4 rings (SSSR count). The summed E-state index contributed by atoms with van der Waals surface area (Å²) in [4.78, 5) is 28.6. The fourth-order valence-corrected chi connectivity index (χ4v) is 3.07. The summed E-state index contributed by atoms with van der Waals surface area (Å²) in [6, 6.07) is 11.8. The third-order valence-electron chi connectivity index (χ3n) is 4.13. The topological polar surface area (TPSA) is 88.0 Å². The fourth-order valence-electron chi connectivity index (χ4n) is 2.90. The lowest BCUT2D eigenvalue weighted by Gasteiger charge is -2.10. The van der Waals surface area contributed by atoms with Crippen LogP contribution in [0, 0.1) is 6.92 Å². The maximum atomic E-state index is 12.9. The van der Waals surface area contributed by atoms with Gasteiger partial charge in [-0.25, -0.2) is 0 Å². The SMILES string of the molecule is Cc1ccccc1-n1nc(O)c2[nH]c3cc(Cl)ccc3c(=O)c2c1=O. The van der Waals surface area contributed by atoms with E-state index >= 15 is 0 Å². The summed E-state index contributed by atoms with van der Waals surface area (Å²) < 4.78 is 1.05. The molecular formula is C18H12ClN3O3. The number of hydrogen-bond acceptors (Lipinski definition) is 4. The second-order valence-electron chi connectivity index (χ2n) is 5.72. The van der Waals surface area contributed by atoms with Crippen LogP contribution in [0.1, 0.15) is 5.56 Å². The van der Waals surface area contributed by atoms with Crippen LogP contribution in [-0.2, 0) is 0 Å². The number of H-pyrrole nitrogens is 1. The van der Waals surface area contributed by atoms with Gasteiger partial charge in [-0.15, -0.1) is 5.10 Å². The van der Waals surface area contributed by atoms with E-state index in [1.165, 1.54) is 0 Å². The van der Waals surface area contributed by atoms with Crippen LogP contribution in [0.25, 0.3) is 27.5 Å². The Hall–Kier alpha value is -3.12. The molecule has 0 saturated heterocycles. The first kappa shape index (κ1) is 15.4. The summed E-state index contributed by atoms with van der Waals surface area (Å²) >= 11 is 5.95. The monoisotopic (exact) mass is 353 g/mol. The predicted molar refractivity (Wildman–Crippen MR) is 96.9 cm³/mol. The van der Waals surface area contributed by atoms with Crippen molar-refractivity contribution in [2.45, 2.75) is 6.92 Å². The smallest absolute Gasteiger partial charge is 0.285 e. The first-order valence-electron chi connectivity index (χ1n) is 7.51. The van der Waals surface area contributed by atoms with Gasteiger partial charge in [0.2, 0.25) is 5.43 Å². The molecule has 25 heavy (non-hydrogen) atoms. The number of nitrogens with zero attached hydrogens (tertiary/aromatic N) is 2. The molecule has 0 aliphatic heterocycles. The highest BCUT2D eigenvalue weighted by Crippen LogP contribution is 2.22. The van der Waals surface area contributed by atoms with Crippen LogP contribution in [0.15, 0.2) is 52.1 Å². The molecule has 0 aliphatic carbocycles. The van der Waals surface area contributed by atoms with Crippen LogP contribution >= 0.6 is 11.6 Å². The Morgan fingerprint density at radius 2 is 1.92 bits per heavy atom. The van der Waals surface area contributed by atoms with Crippen molar-refractivity contribution in [3.8, 4) is 11.6 Å². The Bertz CT molecular complexity index is 1270. The highest BCUT2D eigenvalue weighted by Gasteiger charge is 2.17. The normalized spacial score (nSPS) is 11.3. The molecule has 0 fully saturated rings. The van der Waals surface area contributed by atoms with Gasteiger partial charge in [-0.05, 0) is 36.8 Å². The molecule has 0 amide bonds. The van der Waals surface area contributed by atoms with Crippen molar-refractivity contribution < 1.29 is 5.11 Å². The van der Waals surface area contributed by atoms with Gasteiger partial charge in [-0.1, -0.05) is 29.8 Å². The lowest BCUT2D eigenvalue weighted by molar-refractivity contribution is 0.443. The molecule has 4 aromatic rings. The lowest BCUT2D eigenvalue weighted by Crippen LogP contribution is -2.26. The fraction of sp³-hybridized carbons (Fsp3) is 0.0556. The Kier molecular flexibility index (Phi) is 3.36. The highest BCUT2D eigenvalue weighted by atomic mass is 35.5. The molecule has 0 radical (unpaired) electrons. The van der Waals surface area contributed by atoms with Gasteiger partial charge < -0.3 is 10.1 Å². The summed E-state index contributed by atoms with van der Waals surface area (Å²) in [5.41, 5.74) is 0.635. The van der Waals surface area contributed by atoms with Crippen molar-refractivity contribution in [1.82, 2.24) is 14.8 Å². The second-order valence-corrected chi connectivity index (χ2v) is 6.16. The third kappa shape index (κ3) is 2.30. The number of benzene rings is 2. The van der Waals surface area contributed by atoms with E-state index in [1.54, 1.807) is 30.3 Å². The zero-order chi connectivity index (χ0) is 17.7. The molecule has 0 bridgehead atoms. The lowest BCUT2D eigenvalue weighted by atomic mass is 10.1. The number of hydrogen-bond donors (Lipinski definition) is 2. The average Bonchev–Trinajstić information content (AvgIpc) is 2.58. The number of aryl methyl sites for hydroxylation is 1. The summed E-state index contributed by atoms with van der Waals surface area (Å²) in [7, 11) is 0.